The Bertz CT molecular complexity index is 861. The normalized spacial score (nSPS) is 11.0. The Morgan fingerprint density at radius 1 is 0.750 bits per heavy atom. The van der Waals surface area contributed by atoms with Gasteiger partial charge in [0.1, 0.15) is 17.2 Å². The summed E-state index contributed by atoms with van der Waals surface area (Å²) in [5, 5.41) is 6.66. The standard InChI is InChI=1S/C24H35N3O5/c1-7-25-24(26-12-10-17-8-9-20(29-3)23(14-17)32-6)27-13-11-19-21(30-4)15-18(28-2)16-22(19)31-5/h8-9,14-16H,7,10-13H2,1-6H3,(H2,25,26,27). The molecule has 2 aromatic carbocycles. The SMILES string of the molecule is CCNC(=NCCc1c(OC)cc(OC)cc1OC)NCCc1ccc(OC)c(OC)c1. The minimum absolute atomic E-state index is 0.574. The fourth-order valence-corrected chi connectivity index (χ4v) is 3.31. The second kappa shape index (κ2) is 13.2. The number of hydrogen-bond donors (Lipinski definition) is 2. The van der Waals surface area contributed by atoms with Gasteiger partial charge < -0.3 is 34.3 Å². The molecule has 0 bridgehead atoms. The Morgan fingerprint density at radius 2 is 1.41 bits per heavy atom. The number of ether oxygens (including phenoxy) is 5. The van der Waals surface area contributed by atoms with Crippen LogP contribution < -0.4 is 34.3 Å². The van der Waals surface area contributed by atoms with Crippen LogP contribution in [0.4, 0.5) is 0 Å². The molecule has 0 atom stereocenters. The number of methoxy groups -OCH3 is 5. The Kier molecular flexibility index (Phi) is 10.3. The molecule has 8 nitrogen and oxygen atoms in total. The Labute approximate surface area is 190 Å². The van der Waals surface area contributed by atoms with Gasteiger partial charge in [0.2, 0.25) is 0 Å². The molecular formula is C24H35N3O5. The molecule has 0 heterocycles. The largest absolute Gasteiger partial charge is 0.496 e. The highest BCUT2D eigenvalue weighted by Gasteiger charge is 2.13. The van der Waals surface area contributed by atoms with E-state index in [0.29, 0.717) is 18.7 Å². The molecule has 0 radical (unpaired) electrons. The van der Waals surface area contributed by atoms with E-state index in [4.69, 9.17) is 28.7 Å². The molecule has 2 aromatic rings. The molecule has 176 valence electrons. The molecule has 0 aliphatic rings. The minimum atomic E-state index is 0.574. The van der Waals surface area contributed by atoms with E-state index in [9.17, 15) is 0 Å². The summed E-state index contributed by atoms with van der Waals surface area (Å²) < 4.78 is 27.0. The molecule has 0 spiro atoms. The van der Waals surface area contributed by atoms with Crippen molar-refractivity contribution in [2.45, 2.75) is 19.8 Å². The van der Waals surface area contributed by atoms with Crippen molar-refractivity contribution in [1.82, 2.24) is 10.6 Å². The number of hydrogen-bond acceptors (Lipinski definition) is 6. The molecular weight excluding hydrogens is 410 g/mol. The first-order chi connectivity index (χ1) is 15.6. The van der Waals surface area contributed by atoms with E-state index in [2.05, 4.69) is 10.6 Å². The predicted octanol–water partition coefficient (Wildman–Crippen LogP) is 3.07. The summed E-state index contributed by atoms with van der Waals surface area (Å²) in [6.45, 7) is 4.12. The number of nitrogens with zero attached hydrogens (tertiary/aromatic N) is 1. The van der Waals surface area contributed by atoms with Gasteiger partial charge in [-0.15, -0.1) is 0 Å². The second-order valence-electron chi connectivity index (χ2n) is 6.89. The lowest BCUT2D eigenvalue weighted by molar-refractivity contribution is 0.354. The number of benzene rings is 2. The van der Waals surface area contributed by atoms with Gasteiger partial charge in [-0.1, -0.05) is 6.07 Å². The third-order valence-corrected chi connectivity index (χ3v) is 4.95. The molecule has 0 aliphatic carbocycles. The van der Waals surface area contributed by atoms with Crippen LogP contribution in [0.2, 0.25) is 0 Å². The summed E-state index contributed by atoms with van der Waals surface area (Å²) >= 11 is 0. The van der Waals surface area contributed by atoms with Crippen molar-refractivity contribution in [3.8, 4) is 28.7 Å². The highest BCUT2D eigenvalue weighted by molar-refractivity contribution is 5.79. The average Bonchev–Trinajstić information content (AvgIpc) is 2.83. The number of guanidine groups is 1. The lowest BCUT2D eigenvalue weighted by Gasteiger charge is -2.15. The maximum absolute atomic E-state index is 5.53. The number of nitrogens with one attached hydrogen (secondary N) is 2. The Morgan fingerprint density at radius 3 is 1.97 bits per heavy atom. The van der Waals surface area contributed by atoms with Crippen LogP contribution in [0.15, 0.2) is 35.3 Å². The van der Waals surface area contributed by atoms with E-state index in [1.807, 2.05) is 37.3 Å². The molecule has 0 fully saturated rings. The van der Waals surface area contributed by atoms with E-state index in [1.54, 1.807) is 35.5 Å². The lowest BCUT2D eigenvalue weighted by atomic mass is 10.1. The van der Waals surface area contributed by atoms with Gasteiger partial charge in [0.05, 0.1) is 35.5 Å². The van der Waals surface area contributed by atoms with Crippen LogP contribution in [0.25, 0.3) is 0 Å². The zero-order valence-corrected chi connectivity index (χ0v) is 19.9. The topological polar surface area (TPSA) is 82.6 Å². The van der Waals surface area contributed by atoms with Crippen molar-refractivity contribution < 1.29 is 23.7 Å². The minimum Gasteiger partial charge on any atom is -0.496 e. The predicted molar refractivity (Wildman–Crippen MR) is 127 cm³/mol. The molecule has 8 heteroatoms. The molecule has 0 amide bonds. The van der Waals surface area contributed by atoms with Gasteiger partial charge in [-0.25, -0.2) is 0 Å². The fraction of sp³-hybridized carbons (Fsp3) is 0.458. The van der Waals surface area contributed by atoms with Gasteiger partial charge in [-0.3, -0.25) is 4.99 Å². The smallest absolute Gasteiger partial charge is 0.191 e. The highest BCUT2D eigenvalue weighted by atomic mass is 16.5. The van der Waals surface area contributed by atoms with Crippen LogP contribution >= 0.6 is 0 Å². The first kappa shape index (κ1) is 25.0. The second-order valence-corrected chi connectivity index (χ2v) is 6.89. The third kappa shape index (κ3) is 6.87. The quantitative estimate of drug-likeness (QED) is 0.384. The highest BCUT2D eigenvalue weighted by Crippen LogP contribution is 2.34. The van der Waals surface area contributed by atoms with E-state index >= 15 is 0 Å². The lowest BCUT2D eigenvalue weighted by Crippen LogP contribution is -2.38. The molecule has 2 rings (SSSR count). The summed E-state index contributed by atoms with van der Waals surface area (Å²) in [6.07, 6.45) is 1.49. The summed E-state index contributed by atoms with van der Waals surface area (Å²) in [7, 11) is 8.17. The Balaban J connectivity index is 2.00. The van der Waals surface area contributed by atoms with Crippen LogP contribution in [0.3, 0.4) is 0 Å². The van der Waals surface area contributed by atoms with E-state index in [0.717, 1.165) is 59.6 Å². The van der Waals surface area contributed by atoms with Crippen LogP contribution in [-0.2, 0) is 12.8 Å². The molecule has 0 aromatic heterocycles. The van der Waals surface area contributed by atoms with Gasteiger partial charge >= 0.3 is 0 Å². The van der Waals surface area contributed by atoms with E-state index in [1.165, 1.54) is 0 Å². The van der Waals surface area contributed by atoms with E-state index in [-0.39, 0.29) is 0 Å². The van der Waals surface area contributed by atoms with Crippen LogP contribution in [0.5, 0.6) is 28.7 Å². The zero-order chi connectivity index (χ0) is 23.3. The van der Waals surface area contributed by atoms with Gasteiger partial charge in [-0.05, 0) is 37.5 Å². The van der Waals surface area contributed by atoms with Crippen molar-refractivity contribution in [3.05, 3.63) is 41.5 Å². The summed E-state index contributed by atoms with van der Waals surface area (Å²) in [6, 6.07) is 9.66. The summed E-state index contributed by atoms with van der Waals surface area (Å²) in [4.78, 5) is 4.70. The van der Waals surface area contributed by atoms with Crippen LogP contribution in [-0.4, -0.2) is 61.1 Å². The van der Waals surface area contributed by atoms with Crippen LogP contribution in [0, 0.1) is 0 Å². The van der Waals surface area contributed by atoms with Gasteiger partial charge in [0.25, 0.3) is 0 Å². The maximum atomic E-state index is 5.53. The number of aliphatic imine (C=N–C) groups is 1. The molecule has 32 heavy (non-hydrogen) atoms. The van der Waals surface area contributed by atoms with Crippen molar-refractivity contribution >= 4 is 5.96 Å². The van der Waals surface area contributed by atoms with Crippen molar-refractivity contribution in [1.29, 1.82) is 0 Å². The van der Waals surface area contributed by atoms with Crippen molar-refractivity contribution in [2.24, 2.45) is 4.99 Å². The first-order valence-corrected chi connectivity index (χ1v) is 10.6. The Hall–Kier alpha value is -3.29. The van der Waals surface area contributed by atoms with Crippen molar-refractivity contribution in [2.75, 3.05) is 55.2 Å². The molecule has 0 saturated carbocycles. The molecule has 0 saturated heterocycles. The van der Waals surface area contributed by atoms with Gasteiger partial charge in [-0.2, -0.15) is 0 Å². The molecule has 0 aliphatic heterocycles. The van der Waals surface area contributed by atoms with Crippen molar-refractivity contribution in [3.63, 3.8) is 0 Å². The fourth-order valence-electron chi connectivity index (χ4n) is 3.31. The first-order valence-electron chi connectivity index (χ1n) is 10.6. The van der Waals surface area contributed by atoms with Gasteiger partial charge in [0, 0.05) is 37.3 Å². The zero-order valence-electron chi connectivity index (χ0n) is 19.9. The maximum Gasteiger partial charge on any atom is 0.191 e. The van der Waals surface area contributed by atoms with E-state index < -0.39 is 0 Å². The molecule has 2 N–H and O–H groups in total. The van der Waals surface area contributed by atoms with Crippen LogP contribution in [0.1, 0.15) is 18.1 Å². The number of rotatable bonds is 12. The van der Waals surface area contributed by atoms with Gasteiger partial charge in [0.15, 0.2) is 17.5 Å². The summed E-state index contributed by atoms with van der Waals surface area (Å²) in [5.74, 6) is 4.36. The molecule has 0 unspecified atom stereocenters. The monoisotopic (exact) mass is 445 g/mol. The third-order valence-electron chi connectivity index (χ3n) is 4.95. The average molecular weight is 446 g/mol. The summed E-state index contributed by atoms with van der Waals surface area (Å²) in [5.41, 5.74) is 2.11.